The van der Waals surface area contributed by atoms with Gasteiger partial charge in [0.15, 0.2) is 4.77 Å². The van der Waals surface area contributed by atoms with E-state index in [2.05, 4.69) is 10.2 Å². The number of nitrogens with zero attached hydrogens (tertiary/aromatic N) is 2. The first kappa shape index (κ1) is 16.4. The van der Waals surface area contributed by atoms with Gasteiger partial charge in [0.05, 0.1) is 11.3 Å². The van der Waals surface area contributed by atoms with E-state index in [0.717, 1.165) is 11.6 Å². The maximum absolute atomic E-state index is 13.3. The van der Waals surface area contributed by atoms with Crippen LogP contribution in [0.4, 0.5) is 13.2 Å². The summed E-state index contributed by atoms with van der Waals surface area (Å²) in [5, 5.41) is 6.71. The highest BCUT2D eigenvalue weighted by molar-refractivity contribution is 7.71. The Morgan fingerprint density at radius 1 is 0.958 bits per heavy atom. The molecule has 2 aromatic carbocycles. The molecule has 0 atom stereocenters. The first-order valence-electron chi connectivity index (χ1n) is 7.33. The summed E-state index contributed by atoms with van der Waals surface area (Å²) in [6.45, 7) is 0. The van der Waals surface area contributed by atoms with Crippen molar-refractivity contribution in [1.29, 1.82) is 0 Å². The Balaban J connectivity index is 1.99. The highest BCUT2D eigenvalue weighted by Crippen LogP contribution is 2.34. The molecular formula is C17H14F3N3S. The quantitative estimate of drug-likeness (QED) is 0.691. The number of H-pyrrole nitrogens is 1. The van der Waals surface area contributed by atoms with Gasteiger partial charge in [-0.1, -0.05) is 42.5 Å². The Bertz CT molecular complexity index is 882. The van der Waals surface area contributed by atoms with Gasteiger partial charge in [-0.05, 0) is 36.3 Å². The van der Waals surface area contributed by atoms with E-state index in [-0.39, 0.29) is 10.5 Å². The molecular weight excluding hydrogens is 335 g/mol. The van der Waals surface area contributed by atoms with Crippen molar-refractivity contribution < 1.29 is 13.2 Å². The maximum atomic E-state index is 13.3. The average Bonchev–Trinajstić information content (AvgIpc) is 2.94. The predicted molar refractivity (Wildman–Crippen MR) is 87.6 cm³/mol. The maximum Gasteiger partial charge on any atom is 0.418 e. The van der Waals surface area contributed by atoms with Crippen molar-refractivity contribution in [2.24, 2.45) is 0 Å². The van der Waals surface area contributed by atoms with Gasteiger partial charge in [-0.3, -0.25) is 9.67 Å². The van der Waals surface area contributed by atoms with E-state index in [1.54, 1.807) is 6.07 Å². The molecule has 7 heteroatoms. The number of hydrogen-bond donors (Lipinski definition) is 1. The Kier molecular flexibility index (Phi) is 4.53. The Morgan fingerprint density at radius 3 is 2.33 bits per heavy atom. The number of nitrogens with one attached hydrogen (secondary N) is 1. The molecule has 0 fully saturated rings. The van der Waals surface area contributed by atoms with E-state index in [0.29, 0.717) is 18.7 Å². The van der Waals surface area contributed by atoms with Crippen LogP contribution in [0.3, 0.4) is 0 Å². The lowest BCUT2D eigenvalue weighted by Crippen LogP contribution is -2.13. The molecule has 0 spiro atoms. The first-order valence-corrected chi connectivity index (χ1v) is 7.74. The molecule has 124 valence electrons. The summed E-state index contributed by atoms with van der Waals surface area (Å²) in [4.78, 5) is 0. The predicted octanol–water partition coefficient (Wildman–Crippen LogP) is 4.73. The summed E-state index contributed by atoms with van der Waals surface area (Å²) in [6.07, 6.45) is -3.32. The number of halogens is 3. The number of rotatable bonds is 4. The monoisotopic (exact) mass is 349 g/mol. The summed E-state index contributed by atoms with van der Waals surface area (Å²) in [7, 11) is 0. The average molecular weight is 349 g/mol. The van der Waals surface area contributed by atoms with Crippen LogP contribution in [0.1, 0.15) is 17.0 Å². The zero-order valence-electron chi connectivity index (χ0n) is 12.5. The van der Waals surface area contributed by atoms with E-state index in [4.69, 9.17) is 12.2 Å². The van der Waals surface area contributed by atoms with Crippen molar-refractivity contribution in [1.82, 2.24) is 14.8 Å². The number of aryl methyl sites for hydroxylation is 2. The molecule has 0 amide bonds. The zero-order valence-corrected chi connectivity index (χ0v) is 13.4. The van der Waals surface area contributed by atoms with E-state index < -0.39 is 11.7 Å². The molecule has 1 heterocycles. The number of aromatic amines is 1. The lowest BCUT2D eigenvalue weighted by Gasteiger charge is -2.14. The Morgan fingerprint density at radius 2 is 1.62 bits per heavy atom. The van der Waals surface area contributed by atoms with Gasteiger partial charge < -0.3 is 0 Å². The van der Waals surface area contributed by atoms with Crippen LogP contribution >= 0.6 is 12.2 Å². The summed E-state index contributed by atoms with van der Waals surface area (Å²) >= 11 is 5.15. The van der Waals surface area contributed by atoms with Gasteiger partial charge in [-0.15, -0.1) is 0 Å². The Labute approximate surface area is 141 Å². The van der Waals surface area contributed by atoms with Gasteiger partial charge in [0.25, 0.3) is 0 Å². The molecule has 0 unspecified atom stereocenters. The molecule has 24 heavy (non-hydrogen) atoms. The van der Waals surface area contributed by atoms with Gasteiger partial charge in [-0.2, -0.15) is 18.3 Å². The molecule has 1 N–H and O–H groups in total. The molecule has 0 saturated carbocycles. The van der Waals surface area contributed by atoms with Gasteiger partial charge >= 0.3 is 6.18 Å². The van der Waals surface area contributed by atoms with Crippen LogP contribution in [0, 0.1) is 4.77 Å². The third kappa shape index (κ3) is 3.41. The smallest absolute Gasteiger partial charge is 0.272 e. The largest absolute Gasteiger partial charge is 0.418 e. The SMILES string of the molecule is FC(F)(F)c1ccccc1-n1c(CCc2ccccc2)n[nH]c1=S. The number of alkyl halides is 3. The van der Waals surface area contributed by atoms with Crippen molar-refractivity contribution in [2.75, 3.05) is 0 Å². The van der Waals surface area contributed by atoms with E-state index in [9.17, 15) is 13.2 Å². The molecule has 3 rings (SSSR count). The molecule has 3 aromatic rings. The minimum atomic E-state index is -4.46. The number of hydrogen-bond acceptors (Lipinski definition) is 2. The topological polar surface area (TPSA) is 33.6 Å². The van der Waals surface area contributed by atoms with Gasteiger partial charge in [-0.25, -0.2) is 0 Å². The third-order valence-electron chi connectivity index (χ3n) is 3.67. The standard InChI is InChI=1S/C17H14F3N3S/c18-17(19,20)13-8-4-5-9-14(13)23-15(21-22-16(23)24)11-10-12-6-2-1-3-7-12/h1-9H,10-11H2,(H,22,24). The lowest BCUT2D eigenvalue weighted by atomic mass is 10.1. The fraction of sp³-hybridized carbons (Fsp3) is 0.176. The van der Waals surface area contributed by atoms with Crippen LogP contribution in [0.5, 0.6) is 0 Å². The molecule has 0 aliphatic heterocycles. The second-order valence-corrected chi connectivity index (χ2v) is 5.67. The summed E-state index contributed by atoms with van der Waals surface area (Å²) < 4.78 is 41.3. The fourth-order valence-electron chi connectivity index (χ4n) is 2.55. The number of aromatic nitrogens is 3. The van der Waals surface area contributed by atoms with E-state index in [1.807, 2.05) is 30.3 Å². The van der Waals surface area contributed by atoms with Crippen LogP contribution in [-0.2, 0) is 19.0 Å². The van der Waals surface area contributed by atoms with Crippen molar-refractivity contribution in [3.8, 4) is 5.69 Å². The third-order valence-corrected chi connectivity index (χ3v) is 3.95. The van der Waals surface area contributed by atoms with E-state index >= 15 is 0 Å². The minimum Gasteiger partial charge on any atom is -0.272 e. The van der Waals surface area contributed by atoms with Gasteiger partial charge in [0.1, 0.15) is 5.82 Å². The van der Waals surface area contributed by atoms with Crippen LogP contribution in [0.15, 0.2) is 54.6 Å². The highest BCUT2D eigenvalue weighted by Gasteiger charge is 2.34. The molecule has 3 nitrogen and oxygen atoms in total. The first-order chi connectivity index (χ1) is 11.5. The second kappa shape index (κ2) is 6.60. The zero-order chi connectivity index (χ0) is 17.2. The van der Waals surface area contributed by atoms with Crippen LogP contribution in [0.25, 0.3) is 5.69 Å². The van der Waals surface area contributed by atoms with Crippen molar-refractivity contribution in [3.05, 3.63) is 76.3 Å². The highest BCUT2D eigenvalue weighted by atomic mass is 32.1. The normalized spacial score (nSPS) is 11.6. The molecule has 0 radical (unpaired) electrons. The number of benzene rings is 2. The Hall–Kier alpha value is -2.41. The molecule has 0 aliphatic rings. The van der Waals surface area contributed by atoms with Crippen molar-refractivity contribution >= 4 is 12.2 Å². The van der Waals surface area contributed by atoms with Gasteiger partial charge in [0.2, 0.25) is 0 Å². The molecule has 0 aliphatic carbocycles. The minimum absolute atomic E-state index is 0.00758. The fourth-order valence-corrected chi connectivity index (χ4v) is 2.80. The van der Waals surface area contributed by atoms with Crippen LogP contribution in [-0.4, -0.2) is 14.8 Å². The summed E-state index contributed by atoms with van der Waals surface area (Å²) in [5.74, 6) is 0.473. The van der Waals surface area contributed by atoms with Crippen LogP contribution < -0.4 is 0 Å². The van der Waals surface area contributed by atoms with Crippen LogP contribution in [0.2, 0.25) is 0 Å². The van der Waals surface area contributed by atoms with E-state index in [1.165, 1.54) is 16.7 Å². The summed E-state index contributed by atoms with van der Waals surface area (Å²) in [6, 6.07) is 15.1. The molecule has 0 saturated heterocycles. The van der Waals surface area contributed by atoms with Crippen molar-refractivity contribution in [3.63, 3.8) is 0 Å². The molecule has 1 aromatic heterocycles. The van der Waals surface area contributed by atoms with Crippen molar-refractivity contribution in [2.45, 2.75) is 19.0 Å². The summed E-state index contributed by atoms with van der Waals surface area (Å²) in [5.41, 5.74) is 0.345. The molecule has 0 bridgehead atoms. The van der Waals surface area contributed by atoms with Gasteiger partial charge in [0, 0.05) is 6.42 Å². The number of para-hydroxylation sites is 1. The second-order valence-electron chi connectivity index (χ2n) is 5.28. The lowest BCUT2D eigenvalue weighted by molar-refractivity contribution is -0.137.